The molecule has 1 heterocycles. The summed E-state index contributed by atoms with van der Waals surface area (Å²) in [6.45, 7) is 0.522. The Morgan fingerprint density at radius 1 is 2.00 bits per heavy atom. The van der Waals surface area contributed by atoms with Crippen LogP contribution < -0.4 is 0 Å². The van der Waals surface area contributed by atoms with Crippen molar-refractivity contribution in [3.63, 3.8) is 0 Å². The van der Waals surface area contributed by atoms with E-state index in [9.17, 15) is 4.39 Å². The van der Waals surface area contributed by atoms with Gasteiger partial charge in [-0.05, 0) is 18.2 Å². The second kappa shape index (κ2) is 3.80. The first kappa shape index (κ1) is 8.64. The van der Waals surface area contributed by atoms with Gasteiger partial charge in [0.2, 0.25) is 5.63 Å². The molecule has 58 valence electrons. The van der Waals surface area contributed by atoms with Gasteiger partial charge in [-0.3, -0.25) is 4.99 Å². The molecule has 0 aliphatic carbocycles. The molecule has 1 aliphatic rings. The molecule has 6 heteroatoms. The molecule has 0 aromatic heterocycles. The number of halogens is 2. The monoisotopic (exact) mass is 200 g/mol. The van der Waals surface area contributed by atoms with Crippen LogP contribution in [0.3, 0.4) is 0 Å². The Kier molecular flexibility index (Phi) is 3.29. The van der Waals surface area contributed by atoms with Crippen molar-refractivity contribution >= 4 is 40.5 Å². The van der Waals surface area contributed by atoms with Crippen LogP contribution in [0, 0.1) is 0 Å². The number of aliphatic imine (C=N–C) groups is 1. The summed E-state index contributed by atoms with van der Waals surface area (Å²) in [5, 5.41) is 0.357. The van der Waals surface area contributed by atoms with Gasteiger partial charge in [0.15, 0.2) is 0 Å². The van der Waals surface area contributed by atoms with Crippen LogP contribution in [0.4, 0.5) is 4.39 Å². The molecule has 0 aromatic rings. The Balaban J connectivity index is 2.39. The number of rotatable bonds is 2. The molecule has 0 amide bonds. The van der Waals surface area contributed by atoms with E-state index in [4.69, 9.17) is 11.6 Å². The Bertz CT molecular complexity index is 152. The average molecular weight is 201 g/mol. The molecular weight excluding hydrogens is 195 g/mol. The van der Waals surface area contributed by atoms with E-state index >= 15 is 0 Å². The summed E-state index contributed by atoms with van der Waals surface area (Å²) in [7, 11) is 0. The van der Waals surface area contributed by atoms with Crippen molar-refractivity contribution in [1.82, 2.24) is 3.71 Å². The summed E-state index contributed by atoms with van der Waals surface area (Å²) in [5.74, 6) is 0. The summed E-state index contributed by atoms with van der Waals surface area (Å²) in [6, 6.07) is 0. The quantitative estimate of drug-likeness (QED) is 0.502. The number of alkyl halides is 2. The number of hydrogen-bond donors (Lipinski definition) is 0. The lowest BCUT2D eigenvalue weighted by molar-refractivity contribution is 0.538. The highest BCUT2D eigenvalue weighted by Crippen LogP contribution is 2.29. The highest BCUT2D eigenvalue weighted by Gasteiger charge is 2.21. The SMILES string of the molecule is CSN1CN=C(C(F)Cl)S1. The lowest BCUT2D eigenvalue weighted by Crippen LogP contribution is -2.03. The van der Waals surface area contributed by atoms with Gasteiger partial charge >= 0.3 is 0 Å². The average Bonchev–Trinajstić information content (AvgIpc) is 2.34. The van der Waals surface area contributed by atoms with E-state index in [1.165, 1.54) is 23.9 Å². The second-order valence-electron chi connectivity index (χ2n) is 1.55. The summed E-state index contributed by atoms with van der Waals surface area (Å²) in [5.41, 5.74) is -1.44. The van der Waals surface area contributed by atoms with Crippen molar-refractivity contribution in [3.05, 3.63) is 0 Å². The molecule has 0 spiro atoms. The van der Waals surface area contributed by atoms with Crippen LogP contribution in [0.25, 0.3) is 0 Å². The maximum atomic E-state index is 12.3. The smallest absolute Gasteiger partial charge is 0.222 e. The van der Waals surface area contributed by atoms with E-state index in [-0.39, 0.29) is 0 Å². The summed E-state index contributed by atoms with van der Waals surface area (Å²) in [4.78, 5) is 3.87. The van der Waals surface area contributed by atoms with Gasteiger partial charge in [0.05, 0.1) is 0 Å². The van der Waals surface area contributed by atoms with Gasteiger partial charge in [-0.1, -0.05) is 23.5 Å². The van der Waals surface area contributed by atoms with E-state index < -0.39 is 5.63 Å². The molecule has 10 heavy (non-hydrogen) atoms. The molecular formula is C4H6ClFN2S2. The lowest BCUT2D eigenvalue weighted by Gasteiger charge is -2.06. The van der Waals surface area contributed by atoms with Gasteiger partial charge in [0.25, 0.3) is 0 Å². The van der Waals surface area contributed by atoms with Crippen LogP contribution in [-0.2, 0) is 0 Å². The Morgan fingerprint density at radius 3 is 3.00 bits per heavy atom. The second-order valence-corrected chi connectivity index (χ2v) is 4.01. The fourth-order valence-electron chi connectivity index (χ4n) is 0.493. The summed E-state index contributed by atoms with van der Waals surface area (Å²) >= 11 is 7.92. The van der Waals surface area contributed by atoms with Crippen molar-refractivity contribution in [3.8, 4) is 0 Å². The third-order valence-electron chi connectivity index (χ3n) is 0.928. The van der Waals surface area contributed by atoms with E-state index in [0.29, 0.717) is 11.7 Å². The van der Waals surface area contributed by atoms with Crippen LogP contribution >= 0.6 is 35.5 Å². The highest BCUT2D eigenvalue weighted by atomic mass is 35.5. The van der Waals surface area contributed by atoms with Gasteiger partial charge in [-0.15, -0.1) is 0 Å². The molecule has 0 N–H and O–H groups in total. The van der Waals surface area contributed by atoms with Gasteiger partial charge in [0, 0.05) is 0 Å². The first-order valence-electron chi connectivity index (χ1n) is 2.56. The fourth-order valence-corrected chi connectivity index (χ4v) is 1.90. The first-order valence-corrected chi connectivity index (χ1v) is 4.95. The minimum Gasteiger partial charge on any atom is -0.260 e. The fraction of sp³-hybridized carbons (Fsp3) is 0.750. The van der Waals surface area contributed by atoms with Gasteiger partial charge < -0.3 is 0 Å². The molecule has 0 fully saturated rings. The molecule has 1 aliphatic heterocycles. The molecule has 1 atom stereocenters. The van der Waals surface area contributed by atoms with Crippen LogP contribution in [0.1, 0.15) is 0 Å². The van der Waals surface area contributed by atoms with Gasteiger partial charge in [-0.25, -0.2) is 4.39 Å². The molecule has 0 saturated carbocycles. The van der Waals surface area contributed by atoms with Gasteiger partial charge in [0.1, 0.15) is 11.7 Å². The van der Waals surface area contributed by atoms with Gasteiger partial charge in [-0.2, -0.15) is 3.71 Å². The maximum absolute atomic E-state index is 12.3. The molecule has 0 aromatic carbocycles. The van der Waals surface area contributed by atoms with Crippen molar-refractivity contribution in [1.29, 1.82) is 0 Å². The third kappa shape index (κ3) is 2.02. The largest absolute Gasteiger partial charge is 0.260 e. The van der Waals surface area contributed by atoms with E-state index in [1.54, 1.807) is 0 Å². The molecule has 0 bridgehead atoms. The van der Waals surface area contributed by atoms with Crippen LogP contribution in [0.15, 0.2) is 4.99 Å². The van der Waals surface area contributed by atoms with Crippen LogP contribution in [0.2, 0.25) is 0 Å². The molecule has 1 rings (SSSR count). The van der Waals surface area contributed by atoms with E-state index in [1.807, 2.05) is 9.97 Å². The molecule has 0 radical (unpaired) electrons. The Morgan fingerprint density at radius 2 is 2.70 bits per heavy atom. The highest BCUT2D eigenvalue weighted by molar-refractivity contribution is 8.20. The number of nitrogens with zero attached hydrogens (tertiary/aromatic N) is 2. The summed E-state index contributed by atoms with van der Waals surface area (Å²) in [6.07, 6.45) is 1.91. The predicted molar refractivity (Wildman–Crippen MR) is 46.0 cm³/mol. The predicted octanol–water partition coefficient (Wildman–Crippen LogP) is 2.12. The maximum Gasteiger partial charge on any atom is 0.222 e. The zero-order chi connectivity index (χ0) is 7.56. The zero-order valence-electron chi connectivity index (χ0n) is 5.25. The van der Waals surface area contributed by atoms with Crippen LogP contribution in [0.5, 0.6) is 0 Å². The van der Waals surface area contributed by atoms with Crippen LogP contribution in [-0.4, -0.2) is 27.3 Å². The zero-order valence-corrected chi connectivity index (χ0v) is 7.64. The lowest BCUT2D eigenvalue weighted by atomic mass is 10.8. The van der Waals surface area contributed by atoms with E-state index in [2.05, 4.69) is 4.99 Å². The molecule has 1 unspecified atom stereocenters. The topological polar surface area (TPSA) is 15.6 Å². The third-order valence-corrected chi connectivity index (χ3v) is 3.30. The molecule has 0 saturated heterocycles. The Labute approximate surface area is 72.5 Å². The van der Waals surface area contributed by atoms with Crippen molar-refractivity contribution in [2.75, 3.05) is 12.9 Å². The standard InChI is InChI=1S/C4H6ClFN2S2/c1-9-8-2-7-4(10-8)3(5)6/h3H,2H2,1H3. The molecule has 2 nitrogen and oxygen atoms in total. The van der Waals surface area contributed by atoms with Crippen molar-refractivity contribution < 1.29 is 4.39 Å². The minimum absolute atomic E-state index is 0.357. The minimum atomic E-state index is -1.44. The number of hydrogen-bond acceptors (Lipinski definition) is 4. The van der Waals surface area contributed by atoms with Crippen molar-refractivity contribution in [2.24, 2.45) is 4.99 Å². The Hall–Kier alpha value is 0.550. The first-order chi connectivity index (χ1) is 4.74. The van der Waals surface area contributed by atoms with Crippen molar-refractivity contribution in [2.45, 2.75) is 5.63 Å². The normalized spacial score (nSPS) is 22.9. The van der Waals surface area contributed by atoms with E-state index in [0.717, 1.165) is 0 Å². The summed E-state index contributed by atoms with van der Waals surface area (Å²) < 4.78 is 14.1.